The van der Waals surface area contributed by atoms with Crippen molar-refractivity contribution in [2.45, 2.75) is 0 Å². The van der Waals surface area contributed by atoms with E-state index in [1.807, 2.05) is 0 Å². The zero-order valence-electron chi connectivity index (χ0n) is 6.37. The van der Waals surface area contributed by atoms with Gasteiger partial charge in [-0.2, -0.15) is 0 Å². The molecule has 1 aromatic heterocycles. The van der Waals surface area contributed by atoms with E-state index in [4.69, 9.17) is 11.6 Å². The van der Waals surface area contributed by atoms with Crippen molar-refractivity contribution in [2.75, 3.05) is 7.11 Å². The Bertz CT molecular complexity index is 290. The Kier molecular flexibility index (Phi) is 3.01. The summed E-state index contributed by atoms with van der Waals surface area (Å²) in [6.07, 6.45) is 0. The van der Waals surface area contributed by atoms with Crippen LogP contribution in [0.4, 0.5) is 0 Å². The fraction of sp³-hybridized carbons (Fsp3) is 0.143. The maximum atomic E-state index is 11.0. The van der Waals surface area contributed by atoms with Crippen molar-refractivity contribution >= 4 is 17.5 Å². The molecule has 0 fully saturated rings. The molecule has 1 amide bonds. The molecule has 0 saturated carbocycles. The number of nitrogens with one attached hydrogen (secondary N) is 1. The molecule has 0 aliphatic heterocycles. The third-order valence-corrected chi connectivity index (χ3v) is 1.35. The third kappa shape index (κ3) is 2.18. The second-order valence-electron chi connectivity index (χ2n) is 1.98. The largest absolute Gasteiger partial charge is 0.293 e. The van der Waals surface area contributed by atoms with E-state index in [0.717, 1.165) is 0 Å². The first-order valence-electron chi connectivity index (χ1n) is 3.20. The molecular formula is C7H7ClN2O2. The third-order valence-electron chi connectivity index (χ3n) is 1.14. The van der Waals surface area contributed by atoms with Crippen molar-refractivity contribution < 1.29 is 9.63 Å². The van der Waals surface area contributed by atoms with Gasteiger partial charge in [0.25, 0.3) is 5.91 Å². The van der Waals surface area contributed by atoms with E-state index in [9.17, 15) is 4.79 Å². The normalized spacial score (nSPS) is 9.50. The number of rotatable bonds is 2. The highest BCUT2D eigenvalue weighted by Crippen LogP contribution is 2.04. The molecule has 12 heavy (non-hydrogen) atoms. The van der Waals surface area contributed by atoms with E-state index >= 15 is 0 Å². The Morgan fingerprint density at radius 3 is 3.00 bits per heavy atom. The highest BCUT2D eigenvalue weighted by atomic mass is 35.5. The summed E-state index contributed by atoms with van der Waals surface area (Å²) in [6, 6.07) is 4.77. The van der Waals surface area contributed by atoms with E-state index in [2.05, 4.69) is 15.3 Å². The molecule has 0 unspecified atom stereocenters. The average molecular weight is 187 g/mol. The van der Waals surface area contributed by atoms with Crippen LogP contribution in [-0.4, -0.2) is 18.0 Å². The quantitative estimate of drug-likeness (QED) is 0.554. The van der Waals surface area contributed by atoms with E-state index in [1.54, 1.807) is 18.2 Å². The van der Waals surface area contributed by atoms with Gasteiger partial charge in [-0.3, -0.25) is 9.63 Å². The molecule has 0 aromatic carbocycles. The van der Waals surface area contributed by atoms with Crippen molar-refractivity contribution in [2.24, 2.45) is 0 Å². The summed E-state index contributed by atoms with van der Waals surface area (Å²) in [7, 11) is 1.35. The molecule has 0 spiro atoms. The van der Waals surface area contributed by atoms with Gasteiger partial charge in [0.05, 0.1) is 7.11 Å². The standard InChI is InChI=1S/C7H7ClN2O2/c1-12-10-7(11)5-3-2-4-6(8)9-5/h2-4H,1H3,(H,10,11). The van der Waals surface area contributed by atoms with E-state index in [-0.39, 0.29) is 10.8 Å². The Morgan fingerprint density at radius 1 is 1.67 bits per heavy atom. The van der Waals surface area contributed by atoms with Crippen LogP contribution in [0.3, 0.4) is 0 Å². The summed E-state index contributed by atoms with van der Waals surface area (Å²) in [4.78, 5) is 19.2. The molecule has 1 heterocycles. The highest BCUT2D eigenvalue weighted by molar-refractivity contribution is 6.29. The number of pyridine rings is 1. The van der Waals surface area contributed by atoms with Gasteiger partial charge < -0.3 is 0 Å². The van der Waals surface area contributed by atoms with Crippen LogP contribution in [0.15, 0.2) is 18.2 Å². The number of hydrogen-bond acceptors (Lipinski definition) is 3. The number of carbonyl (C=O) groups is 1. The summed E-state index contributed by atoms with van der Waals surface area (Å²) in [6.45, 7) is 0. The van der Waals surface area contributed by atoms with Gasteiger partial charge in [0.1, 0.15) is 10.8 Å². The molecule has 0 aliphatic carbocycles. The minimum Gasteiger partial charge on any atom is -0.277 e. The lowest BCUT2D eigenvalue weighted by molar-refractivity contribution is 0.0532. The molecule has 0 saturated heterocycles. The van der Waals surface area contributed by atoms with Crippen molar-refractivity contribution in [1.82, 2.24) is 10.5 Å². The second-order valence-corrected chi connectivity index (χ2v) is 2.37. The molecule has 0 bridgehead atoms. The summed E-state index contributed by atoms with van der Waals surface area (Å²) in [5.41, 5.74) is 2.36. The van der Waals surface area contributed by atoms with Crippen molar-refractivity contribution in [1.29, 1.82) is 0 Å². The van der Waals surface area contributed by atoms with Gasteiger partial charge in [0.2, 0.25) is 0 Å². The first-order valence-corrected chi connectivity index (χ1v) is 3.57. The minimum atomic E-state index is -0.417. The summed E-state index contributed by atoms with van der Waals surface area (Å²) >= 11 is 5.56. The van der Waals surface area contributed by atoms with Gasteiger partial charge in [-0.1, -0.05) is 17.7 Å². The van der Waals surface area contributed by atoms with Crippen molar-refractivity contribution in [3.05, 3.63) is 29.0 Å². The Balaban J connectivity index is 2.81. The lowest BCUT2D eigenvalue weighted by Crippen LogP contribution is -2.22. The molecule has 4 nitrogen and oxygen atoms in total. The topological polar surface area (TPSA) is 51.2 Å². The molecule has 0 radical (unpaired) electrons. The fourth-order valence-electron chi connectivity index (χ4n) is 0.680. The molecule has 0 atom stereocenters. The number of aromatic nitrogens is 1. The van der Waals surface area contributed by atoms with Gasteiger partial charge in [0, 0.05) is 0 Å². The zero-order valence-corrected chi connectivity index (χ0v) is 7.13. The van der Waals surface area contributed by atoms with Crippen LogP contribution in [0, 0.1) is 0 Å². The van der Waals surface area contributed by atoms with Crippen LogP contribution in [0.1, 0.15) is 10.5 Å². The maximum Gasteiger partial charge on any atom is 0.293 e. The van der Waals surface area contributed by atoms with Crippen LogP contribution in [0.5, 0.6) is 0 Å². The predicted molar refractivity (Wildman–Crippen MR) is 43.7 cm³/mol. The smallest absolute Gasteiger partial charge is 0.277 e. The summed E-state index contributed by atoms with van der Waals surface area (Å²) in [5.74, 6) is -0.417. The second kappa shape index (κ2) is 4.04. The lowest BCUT2D eigenvalue weighted by atomic mass is 10.3. The molecule has 64 valence electrons. The van der Waals surface area contributed by atoms with Gasteiger partial charge in [0.15, 0.2) is 0 Å². The van der Waals surface area contributed by atoms with Crippen LogP contribution in [-0.2, 0) is 4.84 Å². The molecule has 0 aliphatic rings. The van der Waals surface area contributed by atoms with Crippen LogP contribution >= 0.6 is 11.6 Å². The molecule has 1 rings (SSSR count). The van der Waals surface area contributed by atoms with E-state index < -0.39 is 5.91 Å². The molecule has 1 N–H and O–H groups in total. The van der Waals surface area contributed by atoms with Gasteiger partial charge in [-0.15, -0.1) is 0 Å². The minimum absolute atomic E-state index is 0.226. The van der Waals surface area contributed by atoms with E-state index in [1.165, 1.54) is 7.11 Å². The van der Waals surface area contributed by atoms with Crippen LogP contribution in [0.2, 0.25) is 5.15 Å². The van der Waals surface area contributed by atoms with Crippen LogP contribution in [0.25, 0.3) is 0 Å². The predicted octanol–water partition coefficient (Wildman–Crippen LogP) is 1.03. The van der Waals surface area contributed by atoms with Crippen LogP contribution < -0.4 is 5.48 Å². The molecule has 1 aromatic rings. The number of hydroxylamine groups is 1. The number of carbonyl (C=O) groups excluding carboxylic acids is 1. The number of nitrogens with zero attached hydrogens (tertiary/aromatic N) is 1. The Hall–Kier alpha value is -1.13. The first kappa shape index (κ1) is 8.96. The summed E-state index contributed by atoms with van der Waals surface area (Å²) in [5, 5.41) is 0.277. The number of halogens is 1. The monoisotopic (exact) mass is 186 g/mol. The van der Waals surface area contributed by atoms with Gasteiger partial charge >= 0.3 is 0 Å². The first-order chi connectivity index (χ1) is 5.74. The molecule has 5 heteroatoms. The Morgan fingerprint density at radius 2 is 2.42 bits per heavy atom. The summed E-state index contributed by atoms with van der Waals surface area (Å²) < 4.78 is 0. The highest BCUT2D eigenvalue weighted by Gasteiger charge is 2.05. The zero-order chi connectivity index (χ0) is 8.97. The maximum absolute atomic E-state index is 11.0. The number of hydrogen-bond donors (Lipinski definition) is 1. The average Bonchev–Trinajstić information content (AvgIpc) is 2.05. The van der Waals surface area contributed by atoms with Gasteiger partial charge in [-0.05, 0) is 12.1 Å². The van der Waals surface area contributed by atoms with Gasteiger partial charge in [-0.25, -0.2) is 10.5 Å². The Labute approximate surface area is 74.5 Å². The number of amides is 1. The lowest BCUT2D eigenvalue weighted by Gasteiger charge is -2.00. The SMILES string of the molecule is CONC(=O)c1cccc(Cl)n1. The van der Waals surface area contributed by atoms with E-state index in [0.29, 0.717) is 0 Å². The molecular weight excluding hydrogens is 180 g/mol. The van der Waals surface area contributed by atoms with Crippen molar-refractivity contribution in [3.63, 3.8) is 0 Å². The van der Waals surface area contributed by atoms with Crippen molar-refractivity contribution in [3.8, 4) is 0 Å². The fourth-order valence-corrected chi connectivity index (χ4v) is 0.843.